The Morgan fingerprint density at radius 1 is 1.45 bits per heavy atom. The van der Waals surface area contributed by atoms with Crippen LogP contribution in [0.5, 0.6) is 0 Å². The Kier molecular flexibility index (Phi) is 5.92. The summed E-state index contributed by atoms with van der Waals surface area (Å²) in [7, 11) is 0. The van der Waals surface area contributed by atoms with Crippen molar-refractivity contribution in [3.63, 3.8) is 0 Å². The minimum atomic E-state index is -0.471. The number of nitro groups is 1. The van der Waals surface area contributed by atoms with Gasteiger partial charge >= 0.3 is 0 Å². The van der Waals surface area contributed by atoms with E-state index >= 15 is 0 Å². The lowest BCUT2D eigenvalue weighted by molar-refractivity contribution is -0.385. The Labute approximate surface area is 124 Å². The molecule has 1 unspecified atom stereocenters. The number of hydrogen-bond donors (Lipinski definition) is 2. The summed E-state index contributed by atoms with van der Waals surface area (Å²) in [5.41, 5.74) is 0.602. The monoisotopic (exact) mass is 300 g/mol. The van der Waals surface area contributed by atoms with Crippen LogP contribution < -0.4 is 5.32 Å². The highest BCUT2D eigenvalue weighted by Crippen LogP contribution is 2.23. The van der Waals surface area contributed by atoms with E-state index in [4.69, 9.17) is 11.6 Å². The zero-order valence-electron chi connectivity index (χ0n) is 12.0. The molecule has 1 aromatic rings. The summed E-state index contributed by atoms with van der Waals surface area (Å²) >= 11 is 5.75. The number of aliphatic hydroxyl groups excluding tert-OH is 1. The minimum Gasteiger partial charge on any atom is -0.392 e. The molecule has 0 bridgehead atoms. The molecule has 20 heavy (non-hydrogen) atoms. The summed E-state index contributed by atoms with van der Waals surface area (Å²) in [4.78, 5) is 10.5. The fraction of sp³-hybridized carbons (Fsp3) is 0.571. The van der Waals surface area contributed by atoms with Gasteiger partial charge in [0.2, 0.25) is 0 Å². The van der Waals surface area contributed by atoms with Gasteiger partial charge in [0.1, 0.15) is 0 Å². The second-order valence-corrected chi connectivity index (χ2v) is 6.52. The van der Waals surface area contributed by atoms with Crippen LogP contribution >= 0.6 is 11.6 Å². The fourth-order valence-electron chi connectivity index (χ4n) is 2.01. The van der Waals surface area contributed by atoms with Gasteiger partial charge in [-0.3, -0.25) is 10.1 Å². The Bertz CT molecular complexity index is 472. The summed E-state index contributed by atoms with van der Waals surface area (Å²) in [5, 5.41) is 24.2. The van der Waals surface area contributed by atoms with Crippen molar-refractivity contribution in [1.82, 2.24) is 5.32 Å². The first-order valence-corrected chi connectivity index (χ1v) is 6.88. The zero-order chi connectivity index (χ0) is 15.3. The standard InChI is InChI=1S/C14H21ClN2O3/c1-14(2,3)7-12(18)9-16-8-10-4-5-11(15)6-13(10)17(19)20/h4-6,12,16,18H,7-9H2,1-3H3. The molecular formula is C14H21ClN2O3. The highest BCUT2D eigenvalue weighted by molar-refractivity contribution is 6.30. The molecular weight excluding hydrogens is 280 g/mol. The minimum absolute atomic E-state index is 0.00434. The first-order valence-electron chi connectivity index (χ1n) is 6.50. The molecule has 0 aromatic heterocycles. The van der Waals surface area contributed by atoms with Gasteiger partial charge in [-0.1, -0.05) is 32.4 Å². The molecule has 1 atom stereocenters. The molecule has 0 saturated carbocycles. The lowest BCUT2D eigenvalue weighted by atomic mass is 9.89. The molecule has 1 aromatic carbocycles. The van der Waals surface area contributed by atoms with Crippen molar-refractivity contribution in [2.45, 2.75) is 39.8 Å². The molecule has 5 nitrogen and oxygen atoms in total. The van der Waals surface area contributed by atoms with Crippen molar-refractivity contribution in [2.24, 2.45) is 5.41 Å². The number of nitro benzene ring substituents is 1. The highest BCUT2D eigenvalue weighted by atomic mass is 35.5. The Balaban J connectivity index is 2.56. The molecule has 0 spiro atoms. The van der Waals surface area contributed by atoms with Gasteiger partial charge in [0, 0.05) is 29.7 Å². The third-order valence-electron chi connectivity index (χ3n) is 2.79. The summed E-state index contributed by atoms with van der Waals surface area (Å²) in [6, 6.07) is 4.59. The normalized spacial score (nSPS) is 13.2. The van der Waals surface area contributed by atoms with Crippen LogP contribution in [0.1, 0.15) is 32.8 Å². The number of aliphatic hydroxyl groups is 1. The van der Waals surface area contributed by atoms with Crippen LogP contribution in [0.15, 0.2) is 18.2 Å². The molecule has 6 heteroatoms. The molecule has 0 aliphatic rings. The van der Waals surface area contributed by atoms with Gasteiger partial charge in [-0.2, -0.15) is 0 Å². The number of benzene rings is 1. The summed E-state index contributed by atoms with van der Waals surface area (Å²) < 4.78 is 0. The lowest BCUT2D eigenvalue weighted by Gasteiger charge is -2.22. The van der Waals surface area contributed by atoms with Crippen molar-refractivity contribution in [2.75, 3.05) is 6.54 Å². The van der Waals surface area contributed by atoms with Gasteiger partial charge in [-0.25, -0.2) is 0 Å². The first kappa shape index (κ1) is 16.9. The van der Waals surface area contributed by atoms with Crippen molar-refractivity contribution < 1.29 is 10.0 Å². The SMILES string of the molecule is CC(C)(C)CC(O)CNCc1ccc(Cl)cc1[N+](=O)[O-]. The average Bonchev–Trinajstić information content (AvgIpc) is 2.28. The van der Waals surface area contributed by atoms with E-state index in [1.54, 1.807) is 12.1 Å². The van der Waals surface area contributed by atoms with E-state index in [-0.39, 0.29) is 11.1 Å². The molecule has 112 valence electrons. The average molecular weight is 301 g/mol. The van der Waals surface area contributed by atoms with Gasteiger partial charge in [0.15, 0.2) is 0 Å². The van der Waals surface area contributed by atoms with Crippen LogP contribution in [0.25, 0.3) is 0 Å². The van der Waals surface area contributed by atoms with Crippen molar-refractivity contribution in [3.05, 3.63) is 38.9 Å². The summed E-state index contributed by atoms with van der Waals surface area (Å²) in [5.74, 6) is 0. The predicted octanol–water partition coefficient (Wildman–Crippen LogP) is 3.13. The fourth-order valence-corrected chi connectivity index (χ4v) is 2.18. The molecule has 0 aliphatic carbocycles. The third kappa shape index (κ3) is 5.86. The number of hydrogen-bond acceptors (Lipinski definition) is 4. The summed E-state index contributed by atoms with van der Waals surface area (Å²) in [6.07, 6.45) is 0.198. The zero-order valence-corrected chi connectivity index (χ0v) is 12.8. The molecule has 0 fully saturated rings. The van der Waals surface area contributed by atoms with Crippen LogP contribution in [-0.4, -0.2) is 22.7 Å². The van der Waals surface area contributed by atoms with Crippen molar-refractivity contribution in [3.8, 4) is 0 Å². The number of nitrogens with one attached hydrogen (secondary N) is 1. The van der Waals surface area contributed by atoms with Gasteiger partial charge in [0.25, 0.3) is 5.69 Å². The van der Waals surface area contributed by atoms with E-state index in [0.29, 0.717) is 30.1 Å². The molecule has 0 heterocycles. The topological polar surface area (TPSA) is 75.4 Å². The predicted molar refractivity (Wildman–Crippen MR) is 79.9 cm³/mol. The maximum absolute atomic E-state index is 10.9. The summed E-state index contributed by atoms with van der Waals surface area (Å²) in [6.45, 7) is 6.90. The van der Waals surface area contributed by atoms with Crippen molar-refractivity contribution >= 4 is 17.3 Å². The number of halogens is 1. The second kappa shape index (κ2) is 7.02. The van der Waals surface area contributed by atoms with E-state index in [0.717, 1.165) is 0 Å². The highest BCUT2D eigenvalue weighted by Gasteiger charge is 2.17. The van der Waals surface area contributed by atoms with E-state index in [2.05, 4.69) is 26.1 Å². The quantitative estimate of drug-likeness (QED) is 0.625. The van der Waals surface area contributed by atoms with Crippen LogP contribution in [0.4, 0.5) is 5.69 Å². The maximum atomic E-state index is 10.9. The molecule has 0 amide bonds. The molecule has 0 aliphatic heterocycles. The van der Waals surface area contributed by atoms with Gasteiger partial charge in [-0.15, -0.1) is 0 Å². The number of nitrogens with zero attached hydrogens (tertiary/aromatic N) is 1. The Morgan fingerprint density at radius 3 is 2.65 bits per heavy atom. The van der Waals surface area contributed by atoms with E-state index in [1.807, 2.05) is 0 Å². The molecule has 2 N–H and O–H groups in total. The number of rotatable bonds is 6. The molecule has 0 radical (unpaired) electrons. The first-order chi connectivity index (χ1) is 9.19. The third-order valence-corrected chi connectivity index (χ3v) is 3.02. The lowest BCUT2D eigenvalue weighted by Crippen LogP contribution is -2.30. The molecule has 0 saturated heterocycles. The van der Waals surface area contributed by atoms with Crippen LogP contribution in [0.3, 0.4) is 0 Å². The van der Waals surface area contributed by atoms with Crippen LogP contribution in [0, 0.1) is 15.5 Å². The van der Waals surface area contributed by atoms with E-state index in [9.17, 15) is 15.2 Å². The molecule has 1 rings (SSSR count). The smallest absolute Gasteiger partial charge is 0.275 e. The Hall–Kier alpha value is -1.17. The maximum Gasteiger partial charge on any atom is 0.275 e. The van der Waals surface area contributed by atoms with Gasteiger partial charge < -0.3 is 10.4 Å². The van der Waals surface area contributed by atoms with Gasteiger partial charge in [-0.05, 0) is 24.0 Å². The van der Waals surface area contributed by atoms with E-state index < -0.39 is 11.0 Å². The van der Waals surface area contributed by atoms with Crippen molar-refractivity contribution in [1.29, 1.82) is 0 Å². The van der Waals surface area contributed by atoms with Crippen LogP contribution in [0.2, 0.25) is 5.02 Å². The second-order valence-electron chi connectivity index (χ2n) is 6.08. The van der Waals surface area contributed by atoms with Gasteiger partial charge in [0.05, 0.1) is 11.0 Å². The Morgan fingerprint density at radius 2 is 2.10 bits per heavy atom. The van der Waals surface area contributed by atoms with E-state index in [1.165, 1.54) is 6.07 Å². The van der Waals surface area contributed by atoms with Crippen LogP contribution in [-0.2, 0) is 6.54 Å². The largest absolute Gasteiger partial charge is 0.392 e.